The van der Waals surface area contributed by atoms with E-state index in [1.54, 1.807) is 0 Å². The number of hydrogen-bond donors (Lipinski definition) is 1. The Bertz CT molecular complexity index is 430. The smallest absolute Gasteiger partial charge is 0.128 e. The summed E-state index contributed by atoms with van der Waals surface area (Å²) in [6, 6.07) is 8.22. The summed E-state index contributed by atoms with van der Waals surface area (Å²) in [6.45, 7) is 0.599. The first kappa shape index (κ1) is 9.91. The van der Waals surface area contributed by atoms with Crippen molar-refractivity contribution in [2.45, 2.75) is 31.3 Å². The van der Waals surface area contributed by atoms with Crippen molar-refractivity contribution in [1.29, 1.82) is 0 Å². The van der Waals surface area contributed by atoms with Gasteiger partial charge in [-0.1, -0.05) is 18.2 Å². The van der Waals surface area contributed by atoms with Gasteiger partial charge in [0.25, 0.3) is 0 Å². The summed E-state index contributed by atoms with van der Waals surface area (Å²) in [5, 5.41) is 0. The quantitative estimate of drug-likeness (QED) is 0.781. The molecule has 2 aliphatic rings. The maximum absolute atomic E-state index is 6.18. The third-order valence-corrected chi connectivity index (χ3v) is 3.65. The van der Waals surface area contributed by atoms with Crippen molar-refractivity contribution in [1.82, 2.24) is 0 Å². The second-order valence-corrected chi connectivity index (χ2v) is 4.74. The van der Waals surface area contributed by atoms with Crippen LogP contribution in [-0.2, 0) is 0 Å². The molecule has 1 spiro atoms. The monoisotopic (exact) mass is 215 g/mol. The van der Waals surface area contributed by atoms with E-state index in [1.807, 2.05) is 12.1 Å². The lowest BCUT2D eigenvalue weighted by molar-refractivity contribution is 0.124. The van der Waals surface area contributed by atoms with Crippen LogP contribution in [0.1, 0.15) is 31.2 Å². The lowest BCUT2D eigenvalue weighted by atomic mass is 9.91. The number of benzene rings is 1. The van der Waals surface area contributed by atoms with Crippen LogP contribution < -0.4 is 10.5 Å². The van der Waals surface area contributed by atoms with E-state index in [1.165, 1.54) is 24.0 Å². The second kappa shape index (κ2) is 3.63. The fourth-order valence-corrected chi connectivity index (χ4v) is 2.85. The maximum Gasteiger partial charge on any atom is 0.128 e. The number of fused-ring (bicyclic) bond motifs is 1. The van der Waals surface area contributed by atoms with Gasteiger partial charge in [-0.2, -0.15) is 0 Å². The first-order chi connectivity index (χ1) is 7.83. The van der Waals surface area contributed by atoms with Crippen molar-refractivity contribution in [2.24, 2.45) is 5.73 Å². The molecule has 1 aromatic carbocycles. The van der Waals surface area contributed by atoms with E-state index >= 15 is 0 Å². The standard InChI is InChI=1S/C14H17NO/c15-10-11-9-14(7-3-4-8-14)16-13-6-2-1-5-12(11)13/h1-2,5-6,9H,3-4,7-8,10,15H2. The first-order valence-corrected chi connectivity index (χ1v) is 6.03. The van der Waals surface area contributed by atoms with Crippen LogP contribution in [0.4, 0.5) is 0 Å². The Hall–Kier alpha value is -1.28. The maximum atomic E-state index is 6.18. The molecule has 2 heteroatoms. The van der Waals surface area contributed by atoms with Crippen LogP contribution in [0.15, 0.2) is 30.3 Å². The third kappa shape index (κ3) is 1.45. The highest BCUT2D eigenvalue weighted by Gasteiger charge is 2.37. The van der Waals surface area contributed by atoms with E-state index in [4.69, 9.17) is 10.5 Å². The molecule has 1 saturated carbocycles. The zero-order valence-corrected chi connectivity index (χ0v) is 9.41. The molecule has 1 aliphatic heterocycles. The van der Waals surface area contributed by atoms with Crippen molar-refractivity contribution in [2.75, 3.05) is 6.54 Å². The topological polar surface area (TPSA) is 35.2 Å². The van der Waals surface area contributed by atoms with Gasteiger partial charge in [0.2, 0.25) is 0 Å². The van der Waals surface area contributed by atoms with Crippen molar-refractivity contribution < 1.29 is 4.74 Å². The summed E-state index contributed by atoms with van der Waals surface area (Å²) in [6.07, 6.45) is 7.05. The third-order valence-electron chi connectivity index (χ3n) is 3.65. The van der Waals surface area contributed by atoms with Gasteiger partial charge in [0.15, 0.2) is 0 Å². The number of nitrogens with two attached hydrogens (primary N) is 1. The van der Waals surface area contributed by atoms with Crippen LogP contribution in [0.5, 0.6) is 5.75 Å². The molecule has 0 atom stereocenters. The van der Waals surface area contributed by atoms with Gasteiger partial charge in [-0.25, -0.2) is 0 Å². The molecule has 3 rings (SSSR count). The average Bonchev–Trinajstić information content (AvgIpc) is 2.76. The first-order valence-electron chi connectivity index (χ1n) is 6.03. The van der Waals surface area contributed by atoms with Gasteiger partial charge in [-0.15, -0.1) is 0 Å². The molecule has 2 nitrogen and oxygen atoms in total. The molecular weight excluding hydrogens is 198 g/mol. The number of ether oxygens (including phenoxy) is 1. The molecule has 0 radical (unpaired) electrons. The Morgan fingerprint density at radius 2 is 1.94 bits per heavy atom. The lowest BCUT2D eigenvalue weighted by Gasteiger charge is -2.33. The molecule has 0 unspecified atom stereocenters. The largest absolute Gasteiger partial charge is 0.483 e. The Labute approximate surface area is 96.1 Å². The Kier molecular flexibility index (Phi) is 2.25. The van der Waals surface area contributed by atoms with Gasteiger partial charge >= 0.3 is 0 Å². The zero-order valence-electron chi connectivity index (χ0n) is 9.41. The summed E-state index contributed by atoms with van der Waals surface area (Å²) in [4.78, 5) is 0. The average molecular weight is 215 g/mol. The van der Waals surface area contributed by atoms with Gasteiger partial charge in [0, 0.05) is 12.1 Å². The Morgan fingerprint density at radius 1 is 1.19 bits per heavy atom. The van der Waals surface area contributed by atoms with E-state index in [9.17, 15) is 0 Å². The van der Waals surface area contributed by atoms with Gasteiger partial charge in [0.05, 0.1) is 0 Å². The Morgan fingerprint density at radius 3 is 2.69 bits per heavy atom. The highest BCUT2D eigenvalue weighted by atomic mass is 16.5. The van der Waals surface area contributed by atoms with Gasteiger partial charge in [-0.05, 0) is 43.4 Å². The van der Waals surface area contributed by atoms with Gasteiger partial charge in [-0.3, -0.25) is 0 Å². The number of para-hydroxylation sites is 1. The van der Waals surface area contributed by atoms with E-state index in [0.717, 1.165) is 18.6 Å². The van der Waals surface area contributed by atoms with Crippen LogP contribution in [0.3, 0.4) is 0 Å². The lowest BCUT2D eigenvalue weighted by Crippen LogP contribution is -2.34. The van der Waals surface area contributed by atoms with E-state index in [0.29, 0.717) is 6.54 Å². The summed E-state index contributed by atoms with van der Waals surface area (Å²) < 4.78 is 6.18. The molecule has 84 valence electrons. The SMILES string of the molecule is NCC1=CC2(CCCC2)Oc2ccccc21. The molecule has 0 bridgehead atoms. The molecule has 0 aromatic heterocycles. The summed E-state index contributed by atoms with van der Waals surface area (Å²) >= 11 is 0. The normalized spacial score (nSPS) is 21.4. The minimum atomic E-state index is -0.0525. The van der Waals surface area contributed by atoms with Crippen LogP contribution in [0, 0.1) is 0 Å². The van der Waals surface area contributed by atoms with Crippen LogP contribution >= 0.6 is 0 Å². The molecular formula is C14H17NO. The van der Waals surface area contributed by atoms with Crippen molar-refractivity contribution in [3.63, 3.8) is 0 Å². The molecule has 16 heavy (non-hydrogen) atoms. The van der Waals surface area contributed by atoms with E-state index in [2.05, 4.69) is 18.2 Å². The highest BCUT2D eigenvalue weighted by Crippen LogP contribution is 2.43. The molecule has 0 saturated heterocycles. The molecule has 1 heterocycles. The zero-order chi connectivity index (χ0) is 11.0. The molecule has 1 fully saturated rings. The molecule has 1 aromatic rings. The molecule has 2 N–H and O–H groups in total. The van der Waals surface area contributed by atoms with Crippen LogP contribution in [-0.4, -0.2) is 12.1 Å². The predicted molar refractivity (Wildman–Crippen MR) is 65.3 cm³/mol. The predicted octanol–water partition coefficient (Wildman–Crippen LogP) is 2.73. The highest BCUT2D eigenvalue weighted by molar-refractivity contribution is 5.74. The van der Waals surface area contributed by atoms with E-state index < -0.39 is 0 Å². The number of hydrogen-bond acceptors (Lipinski definition) is 2. The molecule has 0 amide bonds. The summed E-state index contributed by atoms with van der Waals surface area (Å²) in [5.74, 6) is 1.01. The Balaban J connectivity index is 2.08. The fourth-order valence-electron chi connectivity index (χ4n) is 2.85. The minimum absolute atomic E-state index is 0.0525. The minimum Gasteiger partial charge on any atom is -0.483 e. The van der Waals surface area contributed by atoms with Crippen LogP contribution in [0.2, 0.25) is 0 Å². The van der Waals surface area contributed by atoms with Gasteiger partial charge in [0.1, 0.15) is 11.4 Å². The summed E-state index contributed by atoms with van der Waals surface area (Å²) in [7, 11) is 0. The second-order valence-electron chi connectivity index (χ2n) is 4.74. The van der Waals surface area contributed by atoms with E-state index in [-0.39, 0.29) is 5.60 Å². The fraction of sp³-hybridized carbons (Fsp3) is 0.429. The van der Waals surface area contributed by atoms with Gasteiger partial charge < -0.3 is 10.5 Å². The van der Waals surface area contributed by atoms with Crippen molar-refractivity contribution in [3.8, 4) is 5.75 Å². The number of rotatable bonds is 1. The van der Waals surface area contributed by atoms with Crippen molar-refractivity contribution >= 4 is 5.57 Å². The van der Waals surface area contributed by atoms with Crippen molar-refractivity contribution in [3.05, 3.63) is 35.9 Å². The summed E-state index contributed by atoms with van der Waals surface area (Å²) in [5.41, 5.74) is 8.20. The molecule has 1 aliphatic carbocycles. The van der Waals surface area contributed by atoms with Crippen LogP contribution in [0.25, 0.3) is 5.57 Å².